The van der Waals surface area contributed by atoms with Gasteiger partial charge in [0.1, 0.15) is 17.3 Å². The lowest BCUT2D eigenvalue weighted by Gasteiger charge is -2.09. The van der Waals surface area contributed by atoms with Crippen molar-refractivity contribution in [2.75, 3.05) is 12.5 Å². The number of aryl methyl sites for hydroxylation is 1. The maximum absolute atomic E-state index is 5.88. The first-order valence-corrected chi connectivity index (χ1v) is 5.88. The average Bonchev–Trinajstić information content (AvgIpc) is 2.82. The van der Waals surface area contributed by atoms with Gasteiger partial charge in [-0.05, 0) is 19.1 Å². The van der Waals surface area contributed by atoms with Gasteiger partial charge < -0.3 is 19.9 Å². The number of halogens is 1. The first kappa shape index (κ1) is 11.9. The van der Waals surface area contributed by atoms with Gasteiger partial charge in [0.15, 0.2) is 16.7 Å². The molecule has 0 bridgehead atoms. The van der Waals surface area contributed by atoms with Crippen molar-refractivity contribution in [3.8, 4) is 23.1 Å². The summed E-state index contributed by atoms with van der Waals surface area (Å²) in [4.78, 5) is 8.05. The molecule has 1 aromatic carbocycles. The Kier molecular flexibility index (Phi) is 2.79. The fourth-order valence-corrected chi connectivity index (χ4v) is 1.86. The second-order valence-corrected chi connectivity index (χ2v) is 4.26. The van der Waals surface area contributed by atoms with Crippen LogP contribution in [0.1, 0.15) is 5.82 Å². The van der Waals surface area contributed by atoms with Gasteiger partial charge in [0, 0.05) is 6.07 Å². The highest BCUT2D eigenvalue weighted by molar-refractivity contribution is 6.32. The second-order valence-electron chi connectivity index (χ2n) is 3.90. The molecule has 0 saturated carbocycles. The first-order chi connectivity index (χ1) is 9.13. The van der Waals surface area contributed by atoms with E-state index in [4.69, 9.17) is 31.5 Å². The third-order valence-electron chi connectivity index (χ3n) is 2.53. The summed E-state index contributed by atoms with van der Waals surface area (Å²) < 4.78 is 16.1. The highest BCUT2D eigenvalue weighted by atomic mass is 35.5. The molecule has 1 aliphatic rings. The maximum atomic E-state index is 5.88. The van der Waals surface area contributed by atoms with Crippen LogP contribution in [0.15, 0.2) is 18.2 Å². The number of nitrogens with zero attached hydrogens (tertiary/aromatic N) is 2. The van der Waals surface area contributed by atoms with E-state index < -0.39 is 0 Å². The zero-order valence-corrected chi connectivity index (χ0v) is 10.8. The lowest BCUT2D eigenvalue weighted by Crippen LogP contribution is -2.00. The molecule has 0 aliphatic carbocycles. The van der Waals surface area contributed by atoms with Gasteiger partial charge in [-0.25, -0.2) is 4.98 Å². The van der Waals surface area contributed by atoms with E-state index in [0.29, 0.717) is 23.1 Å². The standard InChI is InChI=1S/C12H10ClN3O3/c1-6-15-11(13)10(14)12(16-6)19-7-2-3-8-9(4-7)18-5-17-8/h2-4H,5,14H2,1H3. The van der Waals surface area contributed by atoms with Crippen LogP contribution in [0, 0.1) is 6.92 Å². The highest BCUT2D eigenvalue weighted by Crippen LogP contribution is 2.37. The van der Waals surface area contributed by atoms with E-state index in [-0.39, 0.29) is 23.5 Å². The van der Waals surface area contributed by atoms with Crippen molar-refractivity contribution in [2.24, 2.45) is 0 Å². The third-order valence-corrected chi connectivity index (χ3v) is 2.82. The van der Waals surface area contributed by atoms with Crippen molar-refractivity contribution >= 4 is 17.3 Å². The van der Waals surface area contributed by atoms with Gasteiger partial charge in [-0.2, -0.15) is 4.98 Å². The number of ether oxygens (including phenoxy) is 3. The third kappa shape index (κ3) is 2.22. The van der Waals surface area contributed by atoms with Crippen LogP contribution in [0.25, 0.3) is 0 Å². The largest absolute Gasteiger partial charge is 0.454 e. The van der Waals surface area contributed by atoms with Gasteiger partial charge in [-0.1, -0.05) is 11.6 Å². The number of aromatic nitrogens is 2. The van der Waals surface area contributed by atoms with E-state index in [9.17, 15) is 0 Å². The molecule has 2 aromatic rings. The molecule has 19 heavy (non-hydrogen) atoms. The highest BCUT2D eigenvalue weighted by Gasteiger charge is 2.16. The summed E-state index contributed by atoms with van der Waals surface area (Å²) in [7, 11) is 0. The summed E-state index contributed by atoms with van der Waals surface area (Å²) in [6.07, 6.45) is 0. The van der Waals surface area contributed by atoms with Crippen molar-refractivity contribution in [1.29, 1.82) is 0 Å². The minimum atomic E-state index is 0.170. The van der Waals surface area contributed by atoms with Gasteiger partial charge in [0.25, 0.3) is 0 Å². The zero-order chi connectivity index (χ0) is 13.4. The molecule has 2 heterocycles. The van der Waals surface area contributed by atoms with Crippen LogP contribution in [0.3, 0.4) is 0 Å². The summed E-state index contributed by atoms with van der Waals surface area (Å²) in [5.74, 6) is 2.53. The Hall–Kier alpha value is -2.21. The minimum Gasteiger partial charge on any atom is -0.454 e. The maximum Gasteiger partial charge on any atom is 0.247 e. The lowest BCUT2D eigenvalue weighted by molar-refractivity contribution is 0.174. The number of rotatable bonds is 2. The van der Waals surface area contributed by atoms with E-state index in [0.717, 1.165) is 0 Å². The van der Waals surface area contributed by atoms with Crippen LogP contribution in [-0.2, 0) is 0 Å². The van der Waals surface area contributed by atoms with Gasteiger partial charge in [0.2, 0.25) is 12.7 Å². The number of hydrogen-bond donors (Lipinski definition) is 1. The Labute approximate surface area is 114 Å². The van der Waals surface area contributed by atoms with Crippen LogP contribution in [0.5, 0.6) is 23.1 Å². The SMILES string of the molecule is Cc1nc(Cl)c(N)c(Oc2ccc3c(c2)OCO3)n1. The fourth-order valence-electron chi connectivity index (χ4n) is 1.65. The topological polar surface area (TPSA) is 79.5 Å². The number of fused-ring (bicyclic) bond motifs is 1. The Morgan fingerprint density at radius 1 is 1.26 bits per heavy atom. The molecular formula is C12H10ClN3O3. The lowest BCUT2D eigenvalue weighted by atomic mass is 10.3. The van der Waals surface area contributed by atoms with E-state index in [2.05, 4.69) is 9.97 Å². The summed E-state index contributed by atoms with van der Waals surface area (Å²) in [6, 6.07) is 5.19. The van der Waals surface area contributed by atoms with Crippen LogP contribution in [0.4, 0.5) is 5.69 Å². The Morgan fingerprint density at radius 3 is 2.89 bits per heavy atom. The summed E-state index contributed by atoms with van der Waals surface area (Å²) >= 11 is 5.88. The number of benzene rings is 1. The summed E-state index contributed by atoms with van der Waals surface area (Å²) in [5.41, 5.74) is 5.97. The normalized spacial score (nSPS) is 12.5. The Bertz CT molecular complexity index is 648. The predicted molar refractivity (Wildman–Crippen MR) is 68.8 cm³/mol. The molecule has 0 atom stereocenters. The molecule has 0 spiro atoms. The molecular weight excluding hydrogens is 270 g/mol. The van der Waals surface area contributed by atoms with Gasteiger partial charge in [0.05, 0.1) is 0 Å². The van der Waals surface area contributed by atoms with Crippen LogP contribution < -0.4 is 19.9 Å². The number of nitrogen functional groups attached to an aromatic ring is 1. The second kappa shape index (κ2) is 4.47. The molecule has 1 aromatic heterocycles. The van der Waals surface area contributed by atoms with Crippen molar-refractivity contribution in [1.82, 2.24) is 9.97 Å². The van der Waals surface area contributed by atoms with Crippen LogP contribution in [-0.4, -0.2) is 16.8 Å². The average molecular weight is 280 g/mol. The molecule has 0 amide bonds. The molecule has 0 radical (unpaired) electrons. The van der Waals surface area contributed by atoms with Gasteiger partial charge in [-0.15, -0.1) is 0 Å². The van der Waals surface area contributed by atoms with Crippen molar-refractivity contribution < 1.29 is 14.2 Å². The van der Waals surface area contributed by atoms with Crippen LogP contribution >= 0.6 is 11.6 Å². The number of hydrogen-bond acceptors (Lipinski definition) is 6. The van der Waals surface area contributed by atoms with E-state index in [1.807, 2.05) is 0 Å². The number of nitrogens with two attached hydrogens (primary N) is 1. The van der Waals surface area contributed by atoms with Crippen molar-refractivity contribution in [2.45, 2.75) is 6.92 Å². The summed E-state index contributed by atoms with van der Waals surface area (Å²) in [5, 5.41) is 0.170. The predicted octanol–water partition coefficient (Wildman–Crippen LogP) is 2.54. The first-order valence-electron chi connectivity index (χ1n) is 5.50. The van der Waals surface area contributed by atoms with Crippen molar-refractivity contribution in [3.63, 3.8) is 0 Å². The van der Waals surface area contributed by atoms with Crippen molar-refractivity contribution in [3.05, 3.63) is 29.2 Å². The molecule has 7 heteroatoms. The molecule has 2 N–H and O–H groups in total. The number of anilines is 1. The Morgan fingerprint density at radius 2 is 2.05 bits per heavy atom. The Balaban J connectivity index is 1.93. The molecule has 98 valence electrons. The smallest absolute Gasteiger partial charge is 0.247 e. The molecule has 0 saturated heterocycles. The van der Waals surface area contributed by atoms with Gasteiger partial charge in [-0.3, -0.25) is 0 Å². The van der Waals surface area contributed by atoms with Crippen LogP contribution in [0.2, 0.25) is 5.15 Å². The van der Waals surface area contributed by atoms with Gasteiger partial charge >= 0.3 is 0 Å². The monoisotopic (exact) mass is 279 g/mol. The minimum absolute atomic E-state index is 0.170. The van der Waals surface area contributed by atoms with E-state index in [1.54, 1.807) is 25.1 Å². The quantitative estimate of drug-likeness (QED) is 0.851. The summed E-state index contributed by atoms with van der Waals surface area (Å²) in [6.45, 7) is 1.91. The van der Waals surface area contributed by atoms with E-state index >= 15 is 0 Å². The molecule has 0 fully saturated rings. The zero-order valence-electron chi connectivity index (χ0n) is 10.0. The molecule has 0 unspecified atom stereocenters. The fraction of sp³-hybridized carbons (Fsp3) is 0.167. The van der Waals surface area contributed by atoms with E-state index in [1.165, 1.54) is 0 Å². The molecule has 6 nitrogen and oxygen atoms in total. The molecule has 1 aliphatic heterocycles. The molecule has 3 rings (SSSR count).